The molecule has 0 aliphatic carbocycles. The van der Waals surface area contributed by atoms with E-state index in [9.17, 15) is 26.7 Å². The van der Waals surface area contributed by atoms with Gasteiger partial charge in [0.2, 0.25) is 25.5 Å². The molecule has 0 bridgehead atoms. The predicted molar refractivity (Wildman–Crippen MR) is 122 cm³/mol. The average molecular weight is 496 g/mol. The summed E-state index contributed by atoms with van der Waals surface area (Å²) in [5.41, 5.74) is -0.0710. The van der Waals surface area contributed by atoms with Crippen LogP contribution in [0.5, 0.6) is 0 Å². The van der Waals surface area contributed by atoms with Crippen LogP contribution in [0, 0.1) is 0 Å². The Morgan fingerprint density at radius 3 is 1.62 bits per heavy atom. The molecule has 0 atom stereocenters. The third-order valence-electron chi connectivity index (χ3n) is 6.05. The maximum Gasteiger partial charge on any atom is 1.00 e. The first-order chi connectivity index (χ1) is 15.7. The van der Waals surface area contributed by atoms with Gasteiger partial charge in [-0.1, -0.05) is 54.3 Å². The molecule has 2 aliphatic heterocycles. The van der Waals surface area contributed by atoms with Gasteiger partial charge in [0.1, 0.15) is 4.91 Å². The van der Waals surface area contributed by atoms with Crippen LogP contribution in [0.4, 0.5) is 0 Å². The van der Waals surface area contributed by atoms with E-state index in [4.69, 9.17) is 0 Å². The van der Waals surface area contributed by atoms with Crippen LogP contribution in [0.1, 0.15) is 15.9 Å². The van der Waals surface area contributed by atoms with Crippen LogP contribution < -0.4 is 34.7 Å². The maximum absolute atomic E-state index is 13.2. The van der Waals surface area contributed by atoms with Crippen molar-refractivity contribution >= 4 is 52.8 Å². The molecule has 2 aliphatic rings. The Morgan fingerprint density at radius 2 is 1.09 bits per heavy atom. The molecule has 0 amide bonds. The fourth-order valence-corrected chi connectivity index (χ4v) is 7.64. The van der Waals surface area contributed by atoms with Gasteiger partial charge in [0.05, 0.1) is 14.7 Å². The van der Waals surface area contributed by atoms with Crippen molar-refractivity contribution in [1.82, 2.24) is 0 Å². The van der Waals surface area contributed by atoms with Crippen LogP contribution in [0.3, 0.4) is 0 Å². The quantitative estimate of drug-likeness (QED) is 0.278. The van der Waals surface area contributed by atoms with E-state index in [0.717, 1.165) is 6.08 Å². The zero-order chi connectivity index (χ0) is 23.1. The average Bonchev–Trinajstić information content (AvgIpc) is 3.10. The Bertz CT molecular complexity index is 1870. The van der Waals surface area contributed by atoms with E-state index in [0.29, 0.717) is 21.5 Å². The van der Waals surface area contributed by atoms with Crippen molar-refractivity contribution in [2.45, 2.75) is 9.79 Å². The first-order valence-corrected chi connectivity index (χ1v) is 12.9. The van der Waals surface area contributed by atoms with Crippen LogP contribution in [0.25, 0.3) is 27.3 Å². The van der Waals surface area contributed by atoms with E-state index in [1.165, 1.54) is 24.3 Å². The number of fused-ring (bicyclic) bond motifs is 4. The summed E-state index contributed by atoms with van der Waals surface area (Å²) >= 11 is 0. The summed E-state index contributed by atoms with van der Waals surface area (Å²) in [5, 5.41) is 15.7. The molecule has 6 rings (SSSR count). The number of hydrogen-bond acceptors (Lipinski definition) is 6. The summed E-state index contributed by atoms with van der Waals surface area (Å²) in [7, 11) is -8.60. The zero-order valence-corrected chi connectivity index (χ0v) is 21.4. The zero-order valence-electron chi connectivity index (χ0n) is 17.8. The monoisotopic (exact) mass is 496 g/mol. The SMILES string of the molecule is O=C1/C(=C/C2=C([O-])c3cc4ccccc4cc3S2(=O)=O)S(=O)(=O)c2cc3ccccc3cc21.[Na+]. The van der Waals surface area contributed by atoms with Crippen LogP contribution >= 0.6 is 0 Å². The number of carbonyl (C=O) groups excluding carboxylic acids is 1. The van der Waals surface area contributed by atoms with Crippen LogP contribution in [0.15, 0.2) is 98.5 Å². The molecule has 4 aromatic rings. The molecule has 0 saturated carbocycles. The third-order valence-corrected chi connectivity index (χ3v) is 9.65. The molecule has 9 heteroatoms. The Kier molecular flexibility index (Phi) is 5.16. The molecule has 0 N–H and O–H groups in total. The van der Waals surface area contributed by atoms with Gasteiger partial charge in [0, 0.05) is 5.56 Å². The molecule has 34 heavy (non-hydrogen) atoms. The number of rotatable bonds is 1. The fraction of sp³-hybridized carbons (Fsp3) is 0. The van der Waals surface area contributed by atoms with Crippen molar-refractivity contribution in [2.24, 2.45) is 0 Å². The maximum atomic E-state index is 13.2. The first kappa shape index (κ1) is 23.0. The fourth-order valence-electron chi connectivity index (χ4n) is 4.39. The van der Waals surface area contributed by atoms with Crippen molar-refractivity contribution in [3.05, 3.63) is 99.8 Å². The van der Waals surface area contributed by atoms with Crippen molar-refractivity contribution in [3.8, 4) is 0 Å². The number of allylic oxidation sites excluding steroid dienone is 2. The van der Waals surface area contributed by atoms with E-state index in [2.05, 4.69) is 0 Å². The van der Waals surface area contributed by atoms with Gasteiger partial charge >= 0.3 is 29.6 Å². The normalized spacial score (nSPS) is 18.8. The number of carbonyl (C=O) groups is 1. The molecule has 0 radical (unpaired) electrons. The van der Waals surface area contributed by atoms with Crippen molar-refractivity contribution < 1.29 is 56.3 Å². The Morgan fingerprint density at radius 1 is 0.647 bits per heavy atom. The van der Waals surface area contributed by atoms with Gasteiger partial charge in [0.15, 0.2) is 0 Å². The van der Waals surface area contributed by atoms with Gasteiger partial charge in [0.25, 0.3) is 0 Å². The van der Waals surface area contributed by atoms with Gasteiger partial charge in [-0.3, -0.25) is 4.79 Å². The summed E-state index contributed by atoms with van der Waals surface area (Å²) in [6.07, 6.45) is 0.727. The Labute approximate surface area is 217 Å². The molecule has 0 spiro atoms. The molecule has 6 nitrogen and oxygen atoms in total. The van der Waals surface area contributed by atoms with E-state index < -0.39 is 41.0 Å². The second-order valence-corrected chi connectivity index (χ2v) is 11.7. The molecule has 0 saturated heterocycles. The Hall–Kier alpha value is -2.75. The molecule has 0 unspecified atom stereocenters. The number of ketones is 1. The summed E-state index contributed by atoms with van der Waals surface area (Å²) in [6, 6.07) is 19.7. The minimum atomic E-state index is -4.30. The number of hydrogen-bond donors (Lipinski definition) is 0. The Balaban J connectivity index is 0.00000241. The minimum absolute atomic E-state index is 0. The molecule has 2 heterocycles. The molecule has 0 fully saturated rings. The number of Topliss-reactive ketones (excluding diaryl/α,β-unsaturated/α-hetero) is 1. The van der Waals surface area contributed by atoms with E-state index in [-0.39, 0.29) is 50.5 Å². The van der Waals surface area contributed by atoms with Gasteiger partial charge in [-0.05, 0) is 57.4 Å². The number of sulfone groups is 2. The van der Waals surface area contributed by atoms with Crippen molar-refractivity contribution in [2.75, 3.05) is 0 Å². The second-order valence-electron chi connectivity index (χ2n) is 7.93. The topological polar surface area (TPSA) is 108 Å². The summed E-state index contributed by atoms with van der Waals surface area (Å²) < 4.78 is 52.8. The number of benzene rings is 4. The molecule has 4 aromatic carbocycles. The molecule has 162 valence electrons. The molecular weight excluding hydrogens is 483 g/mol. The van der Waals surface area contributed by atoms with Gasteiger partial charge in [-0.2, -0.15) is 0 Å². The van der Waals surface area contributed by atoms with Gasteiger partial charge in [-0.15, -0.1) is 0 Å². The summed E-state index contributed by atoms with van der Waals surface area (Å²) in [6.45, 7) is 0. The second kappa shape index (κ2) is 7.63. The largest absolute Gasteiger partial charge is 1.00 e. The third kappa shape index (κ3) is 3.07. The van der Waals surface area contributed by atoms with Gasteiger partial charge < -0.3 is 5.11 Å². The van der Waals surface area contributed by atoms with E-state index >= 15 is 0 Å². The van der Waals surface area contributed by atoms with Crippen LogP contribution in [0.2, 0.25) is 0 Å². The van der Waals surface area contributed by atoms with Crippen LogP contribution in [-0.4, -0.2) is 22.6 Å². The molecule has 0 aromatic heterocycles. The first-order valence-electron chi connectivity index (χ1n) is 9.93. The van der Waals surface area contributed by atoms with Gasteiger partial charge in [-0.25, -0.2) is 16.8 Å². The minimum Gasteiger partial charge on any atom is -0.871 e. The smallest absolute Gasteiger partial charge is 0.871 e. The molecular formula is C25H13NaO6S2. The summed E-state index contributed by atoms with van der Waals surface area (Å²) in [4.78, 5) is 11.3. The van der Waals surface area contributed by atoms with E-state index in [1.54, 1.807) is 48.5 Å². The standard InChI is InChI=1S/C25H14O6S2.Na/c26-24-18-9-14-5-1-3-7-16(14)11-20(18)32(28,29)22(24)13-23-25(27)19-10-15-6-2-4-8-17(15)12-21(19)33(23,30)31;/h1-13,26H;/q;+1/p-1/b23-13-;. The van der Waals surface area contributed by atoms with Crippen molar-refractivity contribution in [3.63, 3.8) is 0 Å². The summed E-state index contributed by atoms with van der Waals surface area (Å²) in [5.74, 6) is -1.65. The predicted octanol–water partition coefficient (Wildman–Crippen LogP) is 0.367. The van der Waals surface area contributed by atoms with E-state index in [1.807, 2.05) is 0 Å². The van der Waals surface area contributed by atoms with Crippen molar-refractivity contribution in [1.29, 1.82) is 0 Å². The van der Waals surface area contributed by atoms with Crippen LogP contribution in [-0.2, 0) is 19.7 Å².